The number of nitrogens with zero attached hydrogens (tertiary/aromatic N) is 3. The van der Waals surface area contributed by atoms with Gasteiger partial charge in [-0.2, -0.15) is 5.10 Å². The maximum atomic E-state index is 12.4. The fourth-order valence-electron chi connectivity index (χ4n) is 2.71. The summed E-state index contributed by atoms with van der Waals surface area (Å²) in [7, 11) is 1.68. The first-order valence-corrected chi connectivity index (χ1v) is 7.79. The Morgan fingerprint density at radius 2 is 2.10 bits per heavy atom. The molecule has 0 aromatic carbocycles. The predicted molar refractivity (Wildman–Crippen MR) is 85.9 cm³/mol. The van der Waals surface area contributed by atoms with Crippen molar-refractivity contribution in [2.75, 3.05) is 0 Å². The smallest absolute Gasteiger partial charge is 0.289 e. The number of nitrogens with two attached hydrogens (primary N) is 1. The molecular weight excluding hydrogens is 310 g/mol. The van der Waals surface area contributed by atoms with Crippen molar-refractivity contribution in [2.45, 2.75) is 45.1 Å². The minimum atomic E-state index is -0.346. The molecule has 116 valence electrons. The molecule has 0 bridgehead atoms. The normalized spacial score (nSPS) is 15.8. The average Bonchev–Trinajstić information content (AvgIpc) is 2.70. The molecule has 1 saturated carbocycles. The molecule has 1 fully saturated rings. The molecule has 0 unspecified atom stereocenters. The molecule has 0 saturated heterocycles. The second-order valence-electron chi connectivity index (χ2n) is 5.31. The van der Waals surface area contributed by atoms with E-state index in [2.05, 4.69) is 10.5 Å². The van der Waals surface area contributed by atoms with E-state index >= 15 is 0 Å². The zero-order valence-electron chi connectivity index (χ0n) is 12.2. The number of carbonyl (C=O) groups excluding carboxylic acids is 1. The molecule has 1 aromatic heterocycles. The molecule has 1 aromatic rings. The van der Waals surface area contributed by atoms with Gasteiger partial charge in [-0.25, -0.2) is 0 Å². The van der Waals surface area contributed by atoms with E-state index in [4.69, 9.17) is 29.6 Å². The second kappa shape index (κ2) is 6.62. The number of hydrogen-bond acceptors (Lipinski definition) is 3. The Kier molecular flexibility index (Phi) is 5.05. The molecule has 1 aliphatic rings. The van der Waals surface area contributed by atoms with Crippen molar-refractivity contribution >= 4 is 34.8 Å². The lowest BCUT2D eigenvalue weighted by Gasteiger charge is -2.34. The number of rotatable bonds is 2. The highest BCUT2D eigenvalue weighted by molar-refractivity contribution is 7.80. The van der Waals surface area contributed by atoms with Crippen molar-refractivity contribution in [3.63, 3.8) is 0 Å². The molecule has 1 aliphatic carbocycles. The standard InChI is InChI=1S/C13H20ClN5OS/c1-8-10(14)11(18(2)16-8)12(20)17-19(13(15)21)9-6-4-3-5-7-9/h9H,3-7H2,1-2H3,(H2,15,21)(H,17,20). The third-order valence-corrected chi connectivity index (χ3v) is 4.41. The maximum Gasteiger partial charge on any atom is 0.289 e. The van der Waals surface area contributed by atoms with Crippen LogP contribution in [0.5, 0.6) is 0 Å². The Bertz CT molecular complexity index is 553. The van der Waals surface area contributed by atoms with Crippen molar-refractivity contribution in [3.8, 4) is 0 Å². The van der Waals surface area contributed by atoms with Crippen LogP contribution >= 0.6 is 23.8 Å². The molecular formula is C13H20ClN5OS. The fraction of sp³-hybridized carbons (Fsp3) is 0.615. The number of hydrogen-bond donors (Lipinski definition) is 2. The molecule has 0 aliphatic heterocycles. The largest absolute Gasteiger partial charge is 0.375 e. The van der Waals surface area contributed by atoms with Crippen molar-refractivity contribution in [1.29, 1.82) is 0 Å². The fourth-order valence-corrected chi connectivity index (χ4v) is 3.15. The van der Waals surface area contributed by atoms with Crippen LogP contribution in [-0.2, 0) is 7.05 Å². The van der Waals surface area contributed by atoms with Crippen LogP contribution in [-0.4, -0.2) is 31.9 Å². The summed E-state index contributed by atoms with van der Waals surface area (Å²) in [6.45, 7) is 1.76. The first-order valence-electron chi connectivity index (χ1n) is 7.00. The van der Waals surface area contributed by atoms with E-state index in [1.165, 1.54) is 11.1 Å². The summed E-state index contributed by atoms with van der Waals surface area (Å²) in [4.78, 5) is 12.4. The summed E-state index contributed by atoms with van der Waals surface area (Å²) in [5, 5.41) is 6.25. The highest BCUT2D eigenvalue weighted by Gasteiger charge is 2.26. The summed E-state index contributed by atoms with van der Waals surface area (Å²) in [5.41, 5.74) is 9.47. The van der Waals surface area contributed by atoms with E-state index < -0.39 is 0 Å². The Hall–Kier alpha value is -1.34. The van der Waals surface area contributed by atoms with Crippen molar-refractivity contribution in [2.24, 2.45) is 12.8 Å². The number of hydrazine groups is 1. The van der Waals surface area contributed by atoms with Gasteiger partial charge < -0.3 is 5.73 Å². The molecule has 1 amide bonds. The van der Waals surface area contributed by atoms with Crippen LogP contribution in [0.2, 0.25) is 5.02 Å². The molecule has 21 heavy (non-hydrogen) atoms. The maximum absolute atomic E-state index is 12.4. The quantitative estimate of drug-likeness (QED) is 0.640. The summed E-state index contributed by atoms with van der Waals surface area (Å²) < 4.78 is 1.46. The van der Waals surface area contributed by atoms with Gasteiger partial charge in [0, 0.05) is 7.05 Å². The van der Waals surface area contributed by atoms with Crippen LogP contribution < -0.4 is 11.2 Å². The van der Waals surface area contributed by atoms with Crippen LogP contribution in [0.4, 0.5) is 0 Å². The van der Waals surface area contributed by atoms with E-state index in [1.54, 1.807) is 19.0 Å². The Labute approximate surface area is 134 Å². The molecule has 8 heteroatoms. The number of aromatic nitrogens is 2. The minimum Gasteiger partial charge on any atom is -0.375 e. The molecule has 2 rings (SSSR count). The van der Waals surface area contributed by atoms with Crippen LogP contribution in [0.1, 0.15) is 48.3 Å². The zero-order valence-corrected chi connectivity index (χ0v) is 13.8. The van der Waals surface area contributed by atoms with Crippen LogP contribution in [0, 0.1) is 6.92 Å². The number of nitrogens with one attached hydrogen (secondary N) is 1. The van der Waals surface area contributed by atoms with E-state index in [0.717, 1.165) is 25.7 Å². The topological polar surface area (TPSA) is 76.2 Å². The zero-order chi connectivity index (χ0) is 15.6. The minimum absolute atomic E-state index is 0.147. The van der Waals surface area contributed by atoms with Gasteiger partial charge in [0.1, 0.15) is 5.69 Å². The Balaban J connectivity index is 2.16. The number of carbonyl (C=O) groups is 1. The van der Waals surface area contributed by atoms with E-state index in [-0.39, 0.29) is 17.1 Å². The van der Waals surface area contributed by atoms with Gasteiger partial charge in [-0.05, 0) is 32.0 Å². The van der Waals surface area contributed by atoms with Gasteiger partial charge in [-0.3, -0.25) is 19.9 Å². The van der Waals surface area contributed by atoms with Gasteiger partial charge in [-0.1, -0.05) is 30.9 Å². The highest BCUT2D eigenvalue weighted by Crippen LogP contribution is 2.23. The van der Waals surface area contributed by atoms with Gasteiger partial charge in [0.15, 0.2) is 5.11 Å². The van der Waals surface area contributed by atoms with Gasteiger partial charge in [0.2, 0.25) is 0 Å². The van der Waals surface area contributed by atoms with Gasteiger partial charge >= 0.3 is 0 Å². The first-order chi connectivity index (χ1) is 9.91. The average molecular weight is 330 g/mol. The third-order valence-electron chi connectivity index (χ3n) is 3.76. The van der Waals surface area contributed by atoms with E-state index in [0.29, 0.717) is 16.4 Å². The lowest BCUT2D eigenvalue weighted by Crippen LogP contribution is -2.54. The summed E-state index contributed by atoms with van der Waals surface area (Å²) in [6.07, 6.45) is 5.38. The molecule has 1 heterocycles. The Morgan fingerprint density at radius 1 is 1.48 bits per heavy atom. The van der Waals surface area contributed by atoms with Crippen LogP contribution in [0.25, 0.3) is 0 Å². The number of thiocarbonyl (C=S) groups is 1. The summed E-state index contributed by atoms with van der Waals surface area (Å²) >= 11 is 11.2. The van der Waals surface area contributed by atoms with Crippen molar-refractivity contribution < 1.29 is 4.79 Å². The molecule has 6 nitrogen and oxygen atoms in total. The van der Waals surface area contributed by atoms with Crippen molar-refractivity contribution in [1.82, 2.24) is 20.2 Å². The number of halogens is 1. The third kappa shape index (κ3) is 3.47. The van der Waals surface area contributed by atoms with Crippen molar-refractivity contribution in [3.05, 3.63) is 16.4 Å². The molecule has 3 N–H and O–H groups in total. The van der Waals surface area contributed by atoms with Gasteiger partial charge in [0.05, 0.1) is 16.8 Å². The first kappa shape index (κ1) is 16.0. The highest BCUT2D eigenvalue weighted by atomic mass is 35.5. The van der Waals surface area contributed by atoms with Gasteiger partial charge in [-0.15, -0.1) is 0 Å². The predicted octanol–water partition coefficient (Wildman–Crippen LogP) is 1.91. The van der Waals surface area contributed by atoms with Crippen LogP contribution in [0.15, 0.2) is 0 Å². The lowest BCUT2D eigenvalue weighted by atomic mass is 9.95. The molecule has 0 spiro atoms. The van der Waals surface area contributed by atoms with Gasteiger partial charge in [0.25, 0.3) is 5.91 Å². The molecule has 0 atom stereocenters. The van der Waals surface area contributed by atoms with E-state index in [9.17, 15) is 4.79 Å². The lowest BCUT2D eigenvalue weighted by molar-refractivity contribution is 0.0799. The number of amides is 1. The van der Waals surface area contributed by atoms with E-state index in [1.807, 2.05) is 0 Å². The Morgan fingerprint density at radius 3 is 2.57 bits per heavy atom. The van der Waals surface area contributed by atoms with Crippen LogP contribution in [0.3, 0.4) is 0 Å². The second-order valence-corrected chi connectivity index (χ2v) is 6.11. The summed E-state index contributed by atoms with van der Waals surface area (Å²) in [5.74, 6) is -0.346. The SMILES string of the molecule is Cc1nn(C)c(C(=O)NN(C(N)=S)C2CCCCC2)c1Cl. The number of aryl methyl sites for hydroxylation is 2. The monoisotopic (exact) mass is 329 g/mol. The molecule has 0 radical (unpaired) electrons. The summed E-state index contributed by atoms with van der Waals surface area (Å²) in [6, 6.07) is 0.147.